The predicted molar refractivity (Wildman–Crippen MR) is 90.2 cm³/mol. The quantitative estimate of drug-likeness (QED) is 0.582. The molecule has 1 fully saturated rings. The second-order valence-electron chi connectivity index (χ2n) is 6.10. The van der Waals surface area contributed by atoms with E-state index >= 15 is 0 Å². The minimum atomic E-state index is -1.32. The number of nitrogens with two attached hydrogens (primary N) is 1. The van der Waals surface area contributed by atoms with Crippen LogP contribution in [-0.2, 0) is 0 Å². The number of carboxylic acids is 1. The summed E-state index contributed by atoms with van der Waals surface area (Å²) in [4.78, 5) is 26.3. The molecule has 2 aromatic rings. The van der Waals surface area contributed by atoms with Gasteiger partial charge in [-0.2, -0.15) is 0 Å². The average molecular weight is 333 g/mol. The number of fused-ring (bicyclic) bond motifs is 1. The first-order valence-electron chi connectivity index (χ1n) is 8.09. The number of carboxylic acid groups (broad SMARTS) is 1. The molecule has 128 valence electrons. The van der Waals surface area contributed by atoms with Crippen LogP contribution in [0.1, 0.15) is 47.5 Å². The van der Waals surface area contributed by atoms with Crippen LogP contribution in [0, 0.1) is 5.82 Å². The second kappa shape index (κ2) is 6.60. The Hall–Kier alpha value is -2.41. The number of hydrogen-bond donors (Lipinski definition) is 4. The van der Waals surface area contributed by atoms with E-state index < -0.39 is 17.2 Å². The minimum absolute atomic E-state index is 0.0850. The molecule has 0 spiro atoms. The molecule has 0 aliphatic heterocycles. The Balaban J connectivity index is 2.11. The Bertz CT molecular complexity index is 843. The first-order chi connectivity index (χ1) is 11.5. The highest BCUT2D eigenvalue weighted by molar-refractivity contribution is 5.95. The summed E-state index contributed by atoms with van der Waals surface area (Å²) in [5, 5.41) is 12.3. The van der Waals surface area contributed by atoms with Crippen molar-refractivity contribution in [1.29, 1.82) is 0 Å². The molecule has 3 rings (SSSR count). The minimum Gasteiger partial charge on any atom is -0.477 e. The smallest absolute Gasteiger partial charge is 0.341 e. The number of unbranched alkanes of at least 4 members (excludes halogenated alkanes) is 1. The molecule has 1 aromatic carbocycles. The molecule has 7 heteroatoms. The van der Waals surface area contributed by atoms with Gasteiger partial charge in [-0.1, -0.05) is 0 Å². The van der Waals surface area contributed by atoms with Crippen molar-refractivity contribution in [3.63, 3.8) is 0 Å². The van der Waals surface area contributed by atoms with Gasteiger partial charge in [-0.3, -0.25) is 4.79 Å². The first-order valence-corrected chi connectivity index (χ1v) is 8.09. The lowest BCUT2D eigenvalue weighted by Crippen LogP contribution is -2.17. The van der Waals surface area contributed by atoms with Crippen LogP contribution in [0.3, 0.4) is 0 Å². The fourth-order valence-electron chi connectivity index (χ4n) is 2.96. The van der Waals surface area contributed by atoms with E-state index in [1.807, 2.05) is 0 Å². The van der Waals surface area contributed by atoms with Gasteiger partial charge in [0.05, 0.1) is 11.2 Å². The normalized spacial score (nSPS) is 14.1. The third-order valence-electron chi connectivity index (χ3n) is 4.32. The van der Waals surface area contributed by atoms with Gasteiger partial charge in [-0.25, -0.2) is 9.18 Å². The Morgan fingerprint density at radius 2 is 2.17 bits per heavy atom. The van der Waals surface area contributed by atoms with E-state index in [0.717, 1.165) is 37.3 Å². The van der Waals surface area contributed by atoms with Crippen LogP contribution < -0.4 is 16.5 Å². The third kappa shape index (κ3) is 2.99. The summed E-state index contributed by atoms with van der Waals surface area (Å²) in [6, 6.07) is 1.12. The van der Waals surface area contributed by atoms with Crippen molar-refractivity contribution in [2.75, 3.05) is 18.4 Å². The molecule has 1 saturated carbocycles. The molecule has 0 radical (unpaired) electrons. The van der Waals surface area contributed by atoms with E-state index in [9.17, 15) is 14.0 Å². The van der Waals surface area contributed by atoms with E-state index in [4.69, 9.17) is 10.8 Å². The Labute approximate surface area is 137 Å². The van der Waals surface area contributed by atoms with Gasteiger partial charge in [-0.15, -0.1) is 0 Å². The van der Waals surface area contributed by atoms with Crippen molar-refractivity contribution < 1.29 is 14.3 Å². The standard InChI is InChI=1S/C17H20FN3O3/c18-12-7-10-14(21-8-11(16(10)22)17(23)24)13(9-3-4-9)15(12)20-6-2-1-5-19/h7-9,20H,1-6,19H2,(H,21,22)(H,23,24). The Morgan fingerprint density at radius 3 is 2.79 bits per heavy atom. The van der Waals surface area contributed by atoms with Gasteiger partial charge >= 0.3 is 5.97 Å². The lowest BCUT2D eigenvalue weighted by Gasteiger charge is -2.15. The van der Waals surface area contributed by atoms with Crippen LogP contribution in [0.15, 0.2) is 17.1 Å². The van der Waals surface area contributed by atoms with Gasteiger partial charge in [0.1, 0.15) is 11.4 Å². The van der Waals surface area contributed by atoms with Gasteiger partial charge in [0.25, 0.3) is 0 Å². The third-order valence-corrected chi connectivity index (χ3v) is 4.32. The summed E-state index contributed by atoms with van der Waals surface area (Å²) in [6.45, 7) is 1.18. The van der Waals surface area contributed by atoms with E-state index in [0.29, 0.717) is 24.3 Å². The molecular formula is C17H20FN3O3. The fourth-order valence-corrected chi connectivity index (χ4v) is 2.96. The van der Waals surface area contributed by atoms with Crippen molar-refractivity contribution in [3.8, 4) is 0 Å². The number of anilines is 1. The maximum Gasteiger partial charge on any atom is 0.341 e. The molecule has 1 aliphatic carbocycles. The zero-order chi connectivity index (χ0) is 17.3. The molecule has 0 unspecified atom stereocenters. The van der Waals surface area contributed by atoms with E-state index in [1.54, 1.807) is 0 Å². The Morgan fingerprint density at radius 1 is 1.42 bits per heavy atom. The molecule has 1 heterocycles. The number of pyridine rings is 1. The molecular weight excluding hydrogens is 313 g/mol. The summed E-state index contributed by atoms with van der Waals surface area (Å²) in [7, 11) is 0. The van der Waals surface area contributed by atoms with Crippen molar-refractivity contribution in [2.45, 2.75) is 31.6 Å². The number of carbonyl (C=O) groups is 1. The maximum absolute atomic E-state index is 14.6. The number of aromatic amines is 1. The van der Waals surface area contributed by atoms with E-state index in [-0.39, 0.29) is 16.9 Å². The summed E-state index contributed by atoms with van der Waals surface area (Å²) in [5.74, 6) is -1.66. The predicted octanol–water partition coefficient (Wildman–Crippen LogP) is 2.39. The van der Waals surface area contributed by atoms with Gasteiger partial charge in [-0.05, 0) is 44.2 Å². The average Bonchev–Trinajstić information content (AvgIpc) is 3.37. The highest BCUT2D eigenvalue weighted by atomic mass is 19.1. The lowest BCUT2D eigenvalue weighted by atomic mass is 10.0. The van der Waals surface area contributed by atoms with Crippen molar-refractivity contribution in [2.24, 2.45) is 5.73 Å². The number of H-pyrrole nitrogens is 1. The number of rotatable bonds is 7. The highest BCUT2D eigenvalue weighted by Crippen LogP contribution is 2.46. The number of aromatic carboxylic acids is 1. The van der Waals surface area contributed by atoms with Gasteiger partial charge < -0.3 is 21.1 Å². The van der Waals surface area contributed by atoms with Crippen LogP contribution in [0.4, 0.5) is 10.1 Å². The maximum atomic E-state index is 14.6. The largest absolute Gasteiger partial charge is 0.477 e. The molecule has 0 saturated heterocycles. The molecule has 0 bridgehead atoms. The summed E-state index contributed by atoms with van der Waals surface area (Å²) >= 11 is 0. The summed E-state index contributed by atoms with van der Waals surface area (Å²) in [5.41, 5.74) is 6.09. The number of benzene rings is 1. The molecule has 0 amide bonds. The van der Waals surface area contributed by atoms with Crippen LogP contribution in [0.25, 0.3) is 10.9 Å². The van der Waals surface area contributed by atoms with Gasteiger partial charge in [0, 0.05) is 23.7 Å². The van der Waals surface area contributed by atoms with E-state index in [2.05, 4.69) is 10.3 Å². The number of hydrogen-bond acceptors (Lipinski definition) is 4. The van der Waals surface area contributed by atoms with Crippen LogP contribution in [-0.4, -0.2) is 29.1 Å². The molecule has 0 atom stereocenters. The van der Waals surface area contributed by atoms with Gasteiger partial charge in [0.2, 0.25) is 5.43 Å². The molecule has 1 aromatic heterocycles. The van der Waals surface area contributed by atoms with Crippen LogP contribution in [0.2, 0.25) is 0 Å². The van der Waals surface area contributed by atoms with Crippen LogP contribution >= 0.6 is 0 Å². The molecule has 5 N–H and O–H groups in total. The zero-order valence-electron chi connectivity index (χ0n) is 13.2. The van der Waals surface area contributed by atoms with E-state index in [1.165, 1.54) is 6.20 Å². The fraction of sp³-hybridized carbons (Fsp3) is 0.412. The van der Waals surface area contributed by atoms with Crippen molar-refractivity contribution in [3.05, 3.63) is 39.4 Å². The van der Waals surface area contributed by atoms with Crippen LogP contribution in [0.5, 0.6) is 0 Å². The summed E-state index contributed by atoms with van der Waals surface area (Å²) in [6.07, 6.45) is 4.72. The first kappa shape index (κ1) is 16.4. The highest BCUT2D eigenvalue weighted by Gasteiger charge is 2.31. The number of aromatic nitrogens is 1. The van der Waals surface area contributed by atoms with Crippen molar-refractivity contribution >= 4 is 22.6 Å². The molecule has 1 aliphatic rings. The zero-order valence-corrected chi connectivity index (χ0v) is 13.2. The van der Waals surface area contributed by atoms with Crippen molar-refractivity contribution in [1.82, 2.24) is 4.98 Å². The number of halogens is 1. The Kier molecular flexibility index (Phi) is 4.53. The van der Waals surface area contributed by atoms with Gasteiger partial charge in [0.15, 0.2) is 0 Å². The second-order valence-corrected chi connectivity index (χ2v) is 6.10. The lowest BCUT2D eigenvalue weighted by molar-refractivity contribution is 0.0695. The molecule has 6 nitrogen and oxygen atoms in total. The monoisotopic (exact) mass is 333 g/mol. The molecule has 24 heavy (non-hydrogen) atoms. The SMILES string of the molecule is NCCCCNc1c(F)cc2c(=O)c(C(=O)O)c[nH]c2c1C1CC1. The summed E-state index contributed by atoms with van der Waals surface area (Å²) < 4.78 is 14.6. The number of nitrogens with one attached hydrogen (secondary N) is 2. The topological polar surface area (TPSA) is 108 Å².